The smallest absolute Gasteiger partial charge is 0.340 e. The lowest BCUT2D eigenvalue weighted by atomic mass is 10.4. The lowest BCUT2D eigenvalue weighted by Crippen LogP contribution is -2.19. The average Bonchev–Trinajstić information content (AvgIpc) is 2.89. The van der Waals surface area contributed by atoms with E-state index >= 15 is 0 Å². The number of primary amides is 1. The van der Waals surface area contributed by atoms with Gasteiger partial charge in [-0.1, -0.05) is 0 Å². The molecule has 0 fully saturated rings. The Morgan fingerprint density at radius 1 is 1.44 bits per heavy atom. The Kier molecular flexibility index (Phi) is 3.37. The molecule has 0 aliphatic carbocycles. The van der Waals surface area contributed by atoms with Crippen LogP contribution >= 0.6 is 11.8 Å². The number of aromatic nitrogens is 5. The number of rotatable bonds is 3. The van der Waals surface area contributed by atoms with Crippen molar-refractivity contribution in [3.63, 3.8) is 0 Å². The summed E-state index contributed by atoms with van der Waals surface area (Å²) in [6.07, 6.45) is 1.31. The molecule has 2 rings (SSSR count). The molecule has 2 heterocycles. The number of amides is 1. The molecule has 0 atom stereocenters. The van der Waals surface area contributed by atoms with E-state index in [1.807, 2.05) is 25.5 Å². The summed E-state index contributed by atoms with van der Waals surface area (Å²) in [4.78, 5) is 15.9. The van der Waals surface area contributed by atoms with Crippen molar-refractivity contribution in [1.29, 1.82) is 0 Å². The van der Waals surface area contributed by atoms with Crippen LogP contribution in [0.25, 0.3) is 0 Å². The molecule has 2 N–H and O–H groups in total. The van der Waals surface area contributed by atoms with E-state index in [1.54, 1.807) is 0 Å². The number of hydrogen-bond donors (Lipinski definition) is 1. The Morgan fingerprint density at radius 3 is 2.67 bits per heavy atom. The van der Waals surface area contributed by atoms with Gasteiger partial charge in [-0.3, -0.25) is 4.68 Å². The highest BCUT2D eigenvalue weighted by Gasteiger charge is 2.14. The molecule has 7 nitrogen and oxygen atoms in total. The number of hydrogen-bond acceptors (Lipinski definition) is 5. The van der Waals surface area contributed by atoms with E-state index < -0.39 is 6.03 Å². The van der Waals surface area contributed by atoms with Gasteiger partial charge in [0, 0.05) is 12.2 Å². The maximum absolute atomic E-state index is 10.9. The lowest BCUT2D eigenvalue weighted by molar-refractivity contribution is 0.247. The molecule has 0 bridgehead atoms. The first-order valence-corrected chi connectivity index (χ1v) is 6.28. The van der Waals surface area contributed by atoms with Crippen molar-refractivity contribution in [3.05, 3.63) is 17.7 Å². The van der Waals surface area contributed by atoms with Gasteiger partial charge in [-0.05, 0) is 32.5 Å². The van der Waals surface area contributed by atoms with Crippen LogP contribution in [-0.4, -0.2) is 30.6 Å². The van der Waals surface area contributed by atoms with Crippen LogP contribution in [0, 0.1) is 13.8 Å². The van der Waals surface area contributed by atoms with Crippen LogP contribution in [0.1, 0.15) is 18.3 Å². The van der Waals surface area contributed by atoms with Crippen LogP contribution in [0.4, 0.5) is 4.79 Å². The van der Waals surface area contributed by atoms with Gasteiger partial charge >= 0.3 is 6.03 Å². The number of nitrogens with two attached hydrogens (primary N) is 1. The van der Waals surface area contributed by atoms with E-state index in [-0.39, 0.29) is 0 Å². The van der Waals surface area contributed by atoms with Crippen LogP contribution in [0.5, 0.6) is 0 Å². The minimum Gasteiger partial charge on any atom is -0.350 e. The van der Waals surface area contributed by atoms with E-state index in [1.165, 1.54) is 18.1 Å². The second-order valence-electron chi connectivity index (χ2n) is 3.73. The van der Waals surface area contributed by atoms with Gasteiger partial charge in [-0.25, -0.2) is 9.78 Å². The molecular weight excluding hydrogens is 252 g/mol. The zero-order chi connectivity index (χ0) is 13.3. The van der Waals surface area contributed by atoms with Crippen LogP contribution < -0.4 is 5.73 Å². The maximum Gasteiger partial charge on any atom is 0.340 e. The summed E-state index contributed by atoms with van der Waals surface area (Å²) < 4.78 is 2.93. The number of carbonyl (C=O) groups excluding carboxylic acids is 1. The second-order valence-corrected chi connectivity index (χ2v) is 4.71. The molecule has 0 aliphatic heterocycles. The zero-order valence-electron chi connectivity index (χ0n) is 10.4. The van der Waals surface area contributed by atoms with Crippen LogP contribution in [-0.2, 0) is 6.54 Å². The summed E-state index contributed by atoms with van der Waals surface area (Å²) in [5, 5.41) is 8.87. The van der Waals surface area contributed by atoms with E-state index in [0.717, 1.165) is 27.5 Å². The van der Waals surface area contributed by atoms with Crippen molar-refractivity contribution < 1.29 is 4.79 Å². The summed E-state index contributed by atoms with van der Waals surface area (Å²) in [7, 11) is 0. The summed E-state index contributed by atoms with van der Waals surface area (Å²) in [5.41, 5.74) is 7.09. The molecule has 96 valence electrons. The molecule has 0 aromatic carbocycles. The highest BCUT2D eigenvalue weighted by atomic mass is 32.2. The fourth-order valence-electron chi connectivity index (χ4n) is 1.63. The highest BCUT2D eigenvalue weighted by molar-refractivity contribution is 7.99. The normalized spacial score (nSPS) is 10.8. The minimum atomic E-state index is -0.646. The predicted octanol–water partition coefficient (Wildman–Crippen LogP) is 1.19. The van der Waals surface area contributed by atoms with Crippen LogP contribution in [0.2, 0.25) is 0 Å². The Hall–Kier alpha value is -1.83. The van der Waals surface area contributed by atoms with E-state index in [0.29, 0.717) is 5.16 Å². The molecule has 0 aliphatic rings. The third kappa shape index (κ3) is 2.23. The van der Waals surface area contributed by atoms with Gasteiger partial charge in [0.05, 0.1) is 10.6 Å². The number of aryl methyl sites for hydroxylation is 2. The Labute approximate surface area is 108 Å². The first-order valence-electron chi connectivity index (χ1n) is 5.46. The molecule has 18 heavy (non-hydrogen) atoms. The Morgan fingerprint density at radius 2 is 2.17 bits per heavy atom. The topological polar surface area (TPSA) is 91.6 Å². The Balaban J connectivity index is 2.28. The van der Waals surface area contributed by atoms with Gasteiger partial charge in [0.15, 0.2) is 0 Å². The highest BCUT2D eigenvalue weighted by Crippen LogP contribution is 2.30. The summed E-state index contributed by atoms with van der Waals surface area (Å²) in [6, 6.07) is -0.646. The predicted molar refractivity (Wildman–Crippen MR) is 66.5 cm³/mol. The maximum atomic E-state index is 10.9. The summed E-state index contributed by atoms with van der Waals surface area (Å²) in [6.45, 7) is 6.79. The average molecular weight is 266 g/mol. The zero-order valence-corrected chi connectivity index (χ0v) is 11.2. The first-order chi connectivity index (χ1) is 8.52. The Bertz CT molecular complexity index is 587. The number of nitrogens with zero attached hydrogens (tertiary/aromatic N) is 5. The monoisotopic (exact) mass is 266 g/mol. The summed E-state index contributed by atoms with van der Waals surface area (Å²) in [5.74, 6) is 0. The van der Waals surface area contributed by atoms with E-state index in [2.05, 4.69) is 15.2 Å². The molecule has 2 aromatic rings. The molecule has 0 spiro atoms. The molecule has 0 unspecified atom stereocenters. The molecule has 1 amide bonds. The van der Waals surface area contributed by atoms with Gasteiger partial charge in [0.25, 0.3) is 0 Å². The first kappa shape index (κ1) is 12.6. The quantitative estimate of drug-likeness (QED) is 0.901. The van der Waals surface area contributed by atoms with Crippen molar-refractivity contribution in [2.24, 2.45) is 5.73 Å². The minimum absolute atomic E-state index is 0.482. The molecule has 8 heteroatoms. The molecule has 2 aromatic heterocycles. The van der Waals surface area contributed by atoms with Gasteiger partial charge in [0.2, 0.25) is 5.16 Å². The molecule has 0 saturated carbocycles. The van der Waals surface area contributed by atoms with Crippen LogP contribution in [0.15, 0.2) is 16.4 Å². The van der Waals surface area contributed by atoms with E-state index in [9.17, 15) is 4.79 Å². The van der Waals surface area contributed by atoms with E-state index in [4.69, 9.17) is 5.73 Å². The lowest BCUT2D eigenvalue weighted by Gasteiger charge is -1.99. The summed E-state index contributed by atoms with van der Waals surface area (Å²) >= 11 is 1.38. The van der Waals surface area contributed by atoms with Gasteiger partial charge in [-0.2, -0.15) is 9.78 Å². The van der Waals surface area contributed by atoms with Gasteiger partial charge in [0.1, 0.15) is 6.33 Å². The van der Waals surface area contributed by atoms with Crippen molar-refractivity contribution in [3.8, 4) is 0 Å². The number of carbonyl (C=O) groups is 1. The van der Waals surface area contributed by atoms with Gasteiger partial charge < -0.3 is 5.73 Å². The van der Waals surface area contributed by atoms with Crippen molar-refractivity contribution in [2.45, 2.75) is 37.4 Å². The largest absolute Gasteiger partial charge is 0.350 e. The standard InChI is InChI=1S/C10H14N6OS/c1-4-15-7(3)8(6(2)13-15)18-10-12-5-16(14-10)9(11)17/h5H,4H2,1-3H3,(H2,11,17). The second kappa shape index (κ2) is 4.81. The van der Waals surface area contributed by atoms with Crippen molar-refractivity contribution >= 4 is 17.8 Å². The van der Waals surface area contributed by atoms with Gasteiger partial charge in [-0.15, -0.1) is 5.10 Å². The van der Waals surface area contributed by atoms with Crippen molar-refractivity contribution in [1.82, 2.24) is 24.5 Å². The molecular formula is C10H14N6OS. The fraction of sp³-hybridized carbons (Fsp3) is 0.400. The third-order valence-electron chi connectivity index (χ3n) is 2.50. The van der Waals surface area contributed by atoms with Crippen molar-refractivity contribution in [2.75, 3.05) is 0 Å². The van der Waals surface area contributed by atoms with Crippen LogP contribution in [0.3, 0.4) is 0 Å². The third-order valence-corrected chi connectivity index (χ3v) is 3.67. The molecule has 0 radical (unpaired) electrons. The SMILES string of the molecule is CCn1nc(C)c(Sc2ncn(C(N)=O)n2)c1C. The molecule has 0 saturated heterocycles. The fourth-order valence-corrected chi connectivity index (χ4v) is 2.48.